The zero-order valence-corrected chi connectivity index (χ0v) is 25.8. The minimum atomic E-state index is -3.85. The van der Waals surface area contributed by atoms with Gasteiger partial charge in [0, 0.05) is 17.7 Å². The first-order valence-corrected chi connectivity index (χ1v) is 15.6. The van der Waals surface area contributed by atoms with E-state index in [2.05, 4.69) is 14.8 Å². The third kappa shape index (κ3) is 7.78. The Hall–Kier alpha value is -5.36. The molecular weight excluding hydrogens is 596 g/mol. The predicted molar refractivity (Wildman–Crippen MR) is 170 cm³/mol. The summed E-state index contributed by atoms with van der Waals surface area (Å²) in [4.78, 5) is 16.7. The van der Waals surface area contributed by atoms with Crippen LogP contribution < -0.4 is 18.9 Å². The van der Waals surface area contributed by atoms with Crippen LogP contribution in [0, 0.1) is 0 Å². The number of carbonyl (C=O) groups excluding carboxylic acids is 1. The first kappa shape index (κ1) is 31.1. The van der Waals surface area contributed by atoms with Crippen molar-refractivity contribution in [1.29, 1.82) is 0 Å². The summed E-state index contributed by atoms with van der Waals surface area (Å²) in [6.45, 7) is 0.359. The second-order valence-electron chi connectivity index (χ2n) is 9.86. The van der Waals surface area contributed by atoms with Gasteiger partial charge in [0.15, 0.2) is 5.82 Å². The van der Waals surface area contributed by atoms with Crippen molar-refractivity contribution in [2.45, 2.75) is 12.2 Å². The van der Waals surface area contributed by atoms with Gasteiger partial charge in [-0.3, -0.25) is 4.72 Å². The third-order valence-corrected chi connectivity index (χ3v) is 8.11. The summed E-state index contributed by atoms with van der Waals surface area (Å²) in [5, 5.41) is 4.60. The Morgan fingerprint density at radius 2 is 1.47 bits per heavy atom. The van der Waals surface area contributed by atoms with Gasteiger partial charge >= 0.3 is 12.0 Å². The van der Waals surface area contributed by atoms with Crippen molar-refractivity contribution in [3.05, 3.63) is 114 Å². The highest BCUT2D eigenvalue weighted by atomic mass is 32.2. The molecule has 0 radical (unpaired) electrons. The molecule has 0 aliphatic heterocycles. The lowest BCUT2D eigenvalue weighted by molar-refractivity contribution is 0.0600. The molecule has 0 atom stereocenters. The Kier molecular flexibility index (Phi) is 9.64. The SMILES string of the molecule is COC(=O)c1ccccc1CS(=O)(=O)Nc1ccc(-n2nc(OCCc3ccc(OC)cc3)nc2-c2ccc(OC)cc2)cc1. The molecule has 0 unspecified atom stereocenters. The van der Waals surface area contributed by atoms with Gasteiger partial charge in [-0.1, -0.05) is 30.3 Å². The van der Waals surface area contributed by atoms with Crippen LogP contribution >= 0.6 is 0 Å². The number of rotatable bonds is 13. The van der Waals surface area contributed by atoms with Crippen LogP contribution in [0.3, 0.4) is 0 Å². The van der Waals surface area contributed by atoms with Crippen LogP contribution in [0.25, 0.3) is 17.1 Å². The third-order valence-electron chi connectivity index (χ3n) is 6.87. The van der Waals surface area contributed by atoms with Gasteiger partial charge in [-0.15, -0.1) is 5.10 Å². The zero-order valence-electron chi connectivity index (χ0n) is 25.0. The molecule has 11 nitrogen and oxygen atoms in total. The Bertz CT molecular complexity index is 1860. The standard InChI is InChI=1S/C33H32N4O7S/c1-41-28-16-8-23(9-17-28)20-21-44-33-34-31(24-10-18-29(42-2)19-11-24)37(35-33)27-14-12-26(13-15-27)36-45(39,40)22-25-6-4-5-7-30(25)32(38)43-3/h4-19,36H,20-22H2,1-3H3. The molecule has 1 heterocycles. The number of hydrogen-bond donors (Lipinski definition) is 1. The highest BCUT2D eigenvalue weighted by Gasteiger charge is 2.19. The summed E-state index contributed by atoms with van der Waals surface area (Å²) in [6.07, 6.45) is 0.648. The topological polar surface area (TPSA) is 131 Å². The minimum Gasteiger partial charge on any atom is -0.497 e. The molecule has 0 fully saturated rings. The van der Waals surface area contributed by atoms with Crippen molar-refractivity contribution in [3.63, 3.8) is 0 Å². The number of ether oxygens (including phenoxy) is 4. The molecule has 0 spiro atoms. The molecule has 232 valence electrons. The monoisotopic (exact) mass is 628 g/mol. The van der Waals surface area contributed by atoms with Crippen molar-refractivity contribution in [1.82, 2.24) is 14.8 Å². The molecule has 12 heteroatoms. The average molecular weight is 629 g/mol. The van der Waals surface area contributed by atoms with Crippen molar-refractivity contribution in [2.75, 3.05) is 32.7 Å². The van der Waals surface area contributed by atoms with Gasteiger partial charge in [0.2, 0.25) is 10.0 Å². The van der Waals surface area contributed by atoms with Gasteiger partial charge < -0.3 is 18.9 Å². The van der Waals surface area contributed by atoms with Crippen molar-refractivity contribution in [3.8, 4) is 34.6 Å². The smallest absolute Gasteiger partial charge is 0.338 e. The Balaban J connectivity index is 1.35. The van der Waals surface area contributed by atoms with Gasteiger partial charge in [-0.05, 0) is 77.9 Å². The number of anilines is 1. The van der Waals surface area contributed by atoms with Crippen LogP contribution in [0.1, 0.15) is 21.5 Å². The first-order chi connectivity index (χ1) is 21.8. The number of benzene rings is 4. The summed E-state index contributed by atoms with van der Waals surface area (Å²) in [5.41, 5.74) is 3.37. The molecule has 0 saturated heterocycles. The quantitative estimate of drug-likeness (QED) is 0.173. The van der Waals surface area contributed by atoms with Crippen molar-refractivity contribution >= 4 is 21.7 Å². The summed E-state index contributed by atoms with van der Waals surface area (Å²) in [5.74, 6) is 1.01. The van der Waals surface area contributed by atoms with E-state index < -0.39 is 21.7 Å². The maximum Gasteiger partial charge on any atom is 0.338 e. The van der Waals surface area contributed by atoms with Crippen LogP contribution in [0.15, 0.2) is 97.1 Å². The summed E-state index contributed by atoms with van der Waals surface area (Å²) in [7, 11) is 0.622. The number of nitrogens with zero attached hydrogens (tertiary/aromatic N) is 3. The van der Waals surface area contributed by atoms with E-state index in [1.165, 1.54) is 13.2 Å². The number of methoxy groups -OCH3 is 3. The molecule has 0 saturated carbocycles. The Morgan fingerprint density at radius 3 is 2.11 bits per heavy atom. The van der Waals surface area contributed by atoms with Crippen molar-refractivity contribution in [2.24, 2.45) is 0 Å². The second kappa shape index (κ2) is 14.0. The van der Waals surface area contributed by atoms with Crippen LogP contribution in [-0.4, -0.2) is 57.1 Å². The fourth-order valence-corrected chi connectivity index (χ4v) is 5.79. The number of esters is 1. The molecule has 1 aromatic heterocycles. The maximum atomic E-state index is 13.0. The van der Waals surface area contributed by atoms with Gasteiger partial charge in [-0.25, -0.2) is 17.9 Å². The van der Waals surface area contributed by atoms with Gasteiger partial charge in [0.05, 0.1) is 44.9 Å². The van der Waals surface area contributed by atoms with Gasteiger partial charge in [0.25, 0.3) is 0 Å². The highest BCUT2D eigenvalue weighted by Crippen LogP contribution is 2.27. The lowest BCUT2D eigenvalue weighted by atomic mass is 10.1. The maximum absolute atomic E-state index is 13.0. The summed E-state index contributed by atoms with van der Waals surface area (Å²) < 4.78 is 51.4. The van der Waals surface area contributed by atoms with Crippen LogP contribution in [-0.2, 0) is 26.9 Å². The van der Waals surface area contributed by atoms with E-state index in [9.17, 15) is 13.2 Å². The second-order valence-corrected chi connectivity index (χ2v) is 11.6. The molecule has 5 aromatic rings. The van der Waals surface area contributed by atoms with E-state index in [1.54, 1.807) is 61.4 Å². The van der Waals surface area contributed by atoms with Crippen molar-refractivity contribution < 1.29 is 32.2 Å². The predicted octanol–water partition coefficient (Wildman–Crippen LogP) is 5.30. The van der Waals surface area contributed by atoms with E-state index >= 15 is 0 Å². The fourth-order valence-electron chi connectivity index (χ4n) is 4.56. The lowest BCUT2D eigenvalue weighted by Crippen LogP contribution is -2.17. The van der Waals surface area contributed by atoms with Crippen LogP contribution in [0.2, 0.25) is 0 Å². The van der Waals surface area contributed by atoms with E-state index in [0.717, 1.165) is 16.9 Å². The van der Waals surface area contributed by atoms with Crippen LogP contribution in [0.4, 0.5) is 5.69 Å². The largest absolute Gasteiger partial charge is 0.497 e. The lowest BCUT2D eigenvalue weighted by Gasteiger charge is -2.12. The molecule has 1 N–H and O–H groups in total. The first-order valence-electron chi connectivity index (χ1n) is 13.9. The average Bonchev–Trinajstić information content (AvgIpc) is 3.49. The Morgan fingerprint density at radius 1 is 0.822 bits per heavy atom. The summed E-state index contributed by atoms with van der Waals surface area (Å²) in [6, 6.07) is 28.5. The fraction of sp³-hybridized carbons (Fsp3) is 0.182. The molecule has 0 aliphatic carbocycles. The normalized spacial score (nSPS) is 11.1. The number of carbonyl (C=O) groups is 1. The molecule has 45 heavy (non-hydrogen) atoms. The van der Waals surface area contributed by atoms with E-state index in [4.69, 9.17) is 18.9 Å². The summed E-state index contributed by atoms with van der Waals surface area (Å²) >= 11 is 0. The molecule has 0 amide bonds. The molecular formula is C33H32N4O7S. The van der Waals surface area contributed by atoms with Gasteiger partial charge in [-0.2, -0.15) is 4.98 Å². The van der Waals surface area contributed by atoms with Gasteiger partial charge in [0.1, 0.15) is 11.5 Å². The van der Waals surface area contributed by atoms with E-state index in [-0.39, 0.29) is 11.6 Å². The van der Waals surface area contributed by atoms with Crippen LogP contribution in [0.5, 0.6) is 17.5 Å². The Labute approximate surface area is 261 Å². The highest BCUT2D eigenvalue weighted by molar-refractivity contribution is 7.91. The van der Waals surface area contributed by atoms with E-state index in [0.29, 0.717) is 41.5 Å². The molecule has 0 aliphatic rings. The molecule has 4 aromatic carbocycles. The minimum absolute atomic E-state index is 0.194. The number of hydrogen-bond acceptors (Lipinski definition) is 9. The number of nitrogens with one attached hydrogen (secondary N) is 1. The molecule has 5 rings (SSSR count). The molecule has 0 bridgehead atoms. The zero-order chi connectivity index (χ0) is 31.8. The number of sulfonamides is 1. The van der Waals surface area contributed by atoms with E-state index in [1.807, 2.05) is 48.5 Å². The number of aromatic nitrogens is 3.